The highest BCUT2D eigenvalue weighted by Gasteiger charge is 2.25. The van der Waals surface area contributed by atoms with Crippen molar-refractivity contribution >= 4 is 22.7 Å². The van der Waals surface area contributed by atoms with Gasteiger partial charge in [-0.1, -0.05) is 30.3 Å². The van der Waals surface area contributed by atoms with Crippen LogP contribution in [0.25, 0.3) is 22.0 Å². The van der Waals surface area contributed by atoms with E-state index in [9.17, 15) is 14.7 Å². The van der Waals surface area contributed by atoms with E-state index < -0.39 is 6.04 Å². The fraction of sp³-hybridized carbons (Fsp3) is 0.241. The van der Waals surface area contributed by atoms with Gasteiger partial charge >= 0.3 is 0 Å². The van der Waals surface area contributed by atoms with Gasteiger partial charge in [0.25, 0.3) is 11.8 Å². The highest BCUT2D eigenvalue weighted by atomic mass is 16.6. The van der Waals surface area contributed by atoms with Crippen LogP contribution in [0.1, 0.15) is 33.2 Å². The van der Waals surface area contributed by atoms with Gasteiger partial charge in [0.05, 0.1) is 18.2 Å². The van der Waals surface area contributed by atoms with Gasteiger partial charge in [0.15, 0.2) is 11.5 Å². The number of aliphatic hydroxyl groups is 1. The van der Waals surface area contributed by atoms with Crippen molar-refractivity contribution in [2.24, 2.45) is 0 Å². The zero-order chi connectivity index (χ0) is 25.8. The molecule has 1 aliphatic rings. The average Bonchev–Trinajstić information content (AvgIpc) is 3.34. The van der Waals surface area contributed by atoms with Crippen LogP contribution in [0.5, 0.6) is 11.5 Å². The van der Waals surface area contributed by atoms with Crippen LogP contribution in [0, 0.1) is 0 Å². The Morgan fingerprint density at radius 3 is 2.68 bits per heavy atom. The van der Waals surface area contributed by atoms with Gasteiger partial charge in [-0.05, 0) is 60.4 Å². The van der Waals surface area contributed by atoms with E-state index in [1.165, 1.54) is 0 Å². The SMILES string of the molecule is CCNC(=O)c1cccc(-c2cc3c(c(C(=O)N[C@@H](CO)Cc4c[nH]c5ccccc45)c2)OCCO3)c1. The lowest BCUT2D eigenvalue weighted by atomic mass is 9.98. The standard InChI is InChI=1S/C29H29N3O5/c1-2-30-28(34)19-7-5-6-18(12-19)20-14-24(27-26(15-20)36-10-11-37-27)29(35)32-22(17-33)13-21-16-31-25-9-4-3-8-23(21)25/h3-9,12,14-16,22,31,33H,2,10-11,13,17H2,1H3,(H,30,34)(H,32,35)/t22-/m1/s1. The minimum atomic E-state index is -0.503. The molecule has 8 heteroatoms. The maximum Gasteiger partial charge on any atom is 0.255 e. The normalized spacial score (nSPS) is 13.2. The van der Waals surface area contributed by atoms with Crippen molar-refractivity contribution in [2.45, 2.75) is 19.4 Å². The van der Waals surface area contributed by atoms with Crippen LogP contribution < -0.4 is 20.1 Å². The second-order valence-electron chi connectivity index (χ2n) is 8.90. The number of carbonyl (C=O) groups is 2. The third-order valence-corrected chi connectivity index (χ3v) is 6.38. The van der Waals surface area contributed by atoms with Crippen LogP contribution >= 0.6 is 0 Å². The first-order valence-electron chi connectivity index (χ1n) is 12.4. The number of aromatic nitrogens is 1. The van der Waals surface area contributed by atoms with Gasteiger partial charge in [-0.2, -0.15) is 0 Å². The Hall–Kier alpha value is -4.30. The summed E-state index contributed by atoms with van der Waals surface area (Å²) in [7, 11) is 0. The molecule has 5 rings (SSSR count). The first-order chi connectivity index (χ1) is 18.1. The van der Waals surface area contributed by atoms with Crippen molar-refractivity contribution in [2.75, 3.05) is 26.4 Å². The molecule has 0 fully saturated rings. The number of H-pyrrole nitrogens is 1. The molecule has 1 aromatic heterocycles. The monoisotopic (exact) mass is 499 g/mol. The van der Waals surface area contributed by atoms with E-state index >= 15 is 0 Å². The summed E-state index contributed by atoms with van der Waals surface area (Å²) in [6.45, 7) is 2.88. The van der Waals surface area contributed by atoms with Crippen molar-refractivity contribution in [1.82, 2.24) is 15.6 Å². The molecule has 1 aliphatic heterocycles. The second-order valence-corrected chi connectivity index (χ2v) is 8.90. The lowest BCUT2D eigenvalue weighted by Crippen LogP contribution is -2.39. The molecule has 4 aromatic rings. The first kappa shape index (κ1) is 24.4. The minimum absolute atomic E-state index is 0.164. The number of hydrogen-bond donors (Lipinski definition) is 4. The van der Waals surface area contributed by atoms with Crippen LogP contribution in [-0.4, -0.2) is 54.3 Å². The molecule has 0 spiro atoms. The Kier molecular flexibility index (Phi) is 7.09. The maximum absolute atomic E-state index is 13.5. The van der Waals surface area contributed by atoms with Crippen LogP contribution in [0.4, 0.5) is 0 Å². The van der Waals surface area contributed by atoms with E-state index in [4.69, 9.17) is 9.47 Å². The van der Waals surface area contributed by atoms with E-state index in [0.717, 1.165) is 27.6 Å². The van der Waals surface area contributed by atoms with Crippen molar-refractivity contribution in [3.05, 3.63) is 83.6 Å². The smallest absolute Gasteiger partial charge is 0.255 e. The zero-order valence-electron chi connectivity index (χ0n) is 20.5. The third kappa shape index (κ3) is 5.15. The Morgan fingerprint density at radius 1 is 1.00 bits per heavy atom. The summed E-state index contributed by atoms with van der Waals surface area (Å²) in [4.78, 5) is 29.1. The number of aliphatic hydroxyl groups excluding tert-OH is 1. The van der Waals surface area contributed by atoms with Crippen LogP contribution in [0.2, 0.25) is 0 Å². The van der Waals surface area contributed by atoms with E-state index in [1.807, 2.05) is 49.5 Å². The third-order valence-electron chi connectivity index (χ3n) is 6.38. The number of nitrogens with one attached hydrogen (secondary N) is 3. The fourth-order valence-electron chi connectivity index (χ4n) is 4.58. The van der Waals surface area contributed by atoms with Crippen LogP contribution in [0.3, 0.4) is 0 Å². The first-order valence-corrected chi connectivity index (χ1v) is 12.4. The molecular weight excluding hydrogens is 470 g/mol. The Balaban J connectivity index is 1.44. The molecule has 1 atom stereocenters. The van der Waals surface area contributed by atoms with Gasteiger partial charge in [-0.3, -0.25) is 9.59 Å². The highest BCUT2D eigenvalue weighted by Crippen LogP contribution is 2.38. The number of rotatable bonds is 8. The quantitative estimate of drug-likeness (QED) is 0.295. The van der Waals surface area contributed by atoms with E-state index in [1.54, 1.807) is 24.3 Å². The number of benzene rings is 3. The molecule has 4 N–H and O–H groups in total. The number of aromatic amines is 1. The van der Waals surface area contributed by atoms with Gasteiger partial charge in [0, 0.05) is 29.2 Å². The number of hydrogen-bond acceptors (Lipinski definition) is 5. The highest BCUT2D eigenvalue weighted by molar-refractivity contribution is 6.00. The number of ether oxygens (including phenoxy) is 2. The molecule has 0 radical (unpaired) electrons. The molecule has 3 aromatic carbocycles. The summed E-state index contributed by atoms with van der Waals surface area (Å²) in [5, 5.41) is 16.9. The molecular formula is C29H29N3O5. The number of para-hydroxylation sites is 1. The predicted molar refractivity (Wildman–Crippen MR) is 141 cm³/mol. The van der Waals surface area contributed by atoms with Gasteiger partial charge < -0.3 is 30.2 Å². The molecule has 2 amide bonds. The van der Waals surface area contributed by atoms with Crippen molar-refractivity contribution in [3.8, 4) is 22.6 Å². The zero-order valence-corrected chi connectivity index (χ0v) is 20.5. The molecule has 0 unspecified atom stereocenters. The lowest BCUT2D eigenvalue weighted by Gasteiger charge is -2.23. The van der Waals surface area contributed by atoms with Gasteiger partial charge in [-0.25, -0.2) is 0 Å². The van der Waals surface area contributed by atoms with Crippen LogP contribution in [0.15, 0.2) is 66.9 Å². The Morgan fingerprint density at radius 2 is 1.84 bits per heavy atom. The minimum Gasteiger partial charge on any atom is -0.486 e. The molecule has 2 heterocycles. The summed E-state index contributed by atoms with van der Waals surface area (Å²) in [5.74, 6) is 0.302. The van der Waals surface area contributed by atoms with E-state index in [2.05, 4.69) is 15.6 Å². The van der Waals surface area contributed by atoms with Gasteiger partial charge in [0.1, 0.15) is 13.2 Å². The summed E-state index contributed by atoms with van der Waals surface area (Å²) >= 11 is 0. The largest absolute Gasteiger partial charge is 0.486 e. The molecule has 190 valence electrons. The predicted octanol–water partition coefficient (Wildman–Crippen LogP) is 3.69. The summed E-state index contributed by atoms with van der Waals surface area (Å²) in [5.41, 5.74) is 4.34. The van der Waals surface area contributed by atoms with E-state index in [0.29, 0.717) is 48.8 Å². The van der Waals surface area contributed by atoms with Crippen molar-refractivity contribution in [1.29, 1.82) is 0 Å². The van der Waals surface area contributed by atoms with Gasteiger partial charge in [0.2, 0.25) is 0 Å². The lowest BCUT2D eigenvalue weighted by molar-refractivity contribution is 0.0904. The molecule has 0 bridgehead atoms. The topological polar surface area (TPSA) is 113 Å². The summed E-state index contributed by atoms with van der Waals surface area (Å²) in [6.07, 6.45) is 2.36. The van der Waals surface area contributed by atoms with Crippen molar-refractivity contribution < 1.29 is 24.2 Å². The summed E-state index contributed by atoms with van der Waals surface area (Å²) < 4.78 is 11.6. The fourth-order valence-corrected chi connectivity index (χ4v) is 4.58. The van der Waals surface area contributed by atoms with Gasteiger partial charge in [-0.15, -0.1) is 0 Å². The Labute approximate surface area is 214 Å². The van der Waals surface area contributed by atoms with Crippen molar-refractivity contribution in [3.63, 3.8) is 0 Å². The molecule has 8 nitrogen and oxygen atoms in total. The number of fused-ring (bicyclic) bond motifs is 2. The molecule has 0 saturated heterocycles. The Bertz CT molecular complexity index is 1440. The second kappa shape index (κ2) is 10.8. The number of carbonyl (C=O) groups excluding carboxylic acids is 2. The summed E-state index contributed by atoms with van der Waals surface area (Å²) in [6, 6.07) is 18.2. The van der Waals surface area contributed by atoms with E-state index in [-0.39, 0.29) is 18.4 Å². The molecule has 37 heavy (non-hydrogen) atoms. The molecule has 0 saturated carbocycles. The average molecular weight is 500 g/mol. The van der Waals surface area contributed by atoms with Crippen LogP contribution in [-0.2, 0) is 6.42 Å². The number of amides is 2. The molecule has 0 aliphatic carbocycles. The maximum atomic E-state index is 13.5.